The van der Waals surface area contributed by atoms with E-state index in [-0.39, 0.29) is 15.7 Å². The maximum absolute atomic E-state index is 10.9. The zero-order valence-electron chi connectivity index (χ0n) is 7.90. The van der Waals surface area contributed by atoms with E-state index < -0.39 is 11.9 Å². The third-order valence-electron chi connectivity index (χ3n) is 2.71. The van der Waals surface area contributed by atoms with Gasteiger partial charge in [0.1, 0.15) is 9.75 Å². The molecule has 4 nitrogen and oxygen atoms in total. The second-order valence-electron chi connectivity index (χ2n) is 3.63. The summed E-state index contributed by atoms with van der Waals surface area (Å²) in [7, 11) is 0. The summed E-state index contributed by atoms with van der Waals surface area (Å²) < 4.78 is 0. The SMILES string of the molecule is O=C(O)c1cc(C2CCC2)c(C(=O)O)s1. The van der Waals surface area contributed by atoms with Crippen molar-refractivity contribution >= 4 is 23.3 Å². The highest BCUT2D eigenvalue weighted by atomic mass is 32.1. The van der Waals surface area contributed by atoms with Gasteiger partial charge in [-0.3, -0.25) is 0 Å². The molecule has 15 heavy (non-hydrogen) atoms. The van der Waals surface area contributed by atoms with Crippen LogP contribution in [0, 0.1) is 0 Å². The number of thiophene rings is 1. The van der Waals surface area contributed by atoms with E-state index in [1.54, 1.807) is 0 Å². The largest absolute Gasteiger partial charge is 0.477 e. The Morgan fingerprint density at radius 2 is 1.93 bits per heavy atom. The summed E-state index contributed by atoms with van der Waals surface area (Å²) in [6.45, 7) is 0. The van der Waals surface area contributed by atoms with Crippen molar-refractivity contribution in [2.45, 2.75) is 25.2 Å². The molecule has 0 aliphatic heterocycles. The molecule has 1 aliphatic carbocycles. The molecule has 2 rings (SSSR count). The van der Waals surface area contributed by atoms with Crippen LogP contribution in [0.25, 0.3) is 0 Å². The summed E-state index contributed by atoms with van der Waals surface area (Å²) in [6.07, 6.45) is 3.04. The molecule has 2 N–H and O–H groups in total. The van der Waals surface area contributed by atoms with Crippen molar-refractivity contribution in [1.29, 1.82) is 0 Å². The molecule has 0 amide bonds. The van der Waals surface area contributed by atoms with Crippen LogP contribution in [0.4, 0.5) is 0 Å². The van der Waals surface area contributed by atoms with Crippen molar-refractivity contribution in [2.75, 3.05) is 0 Å². The lowest BCUT2D eigenvalue weighted by molar-refractivity contribution is 0.0691. The van der Waals surface area contributed by atoms with Crippen molar-refractivity contribution in [1.82, 2.24) is 0 Å². The molecular formula is C10H10O4S. The molecule has 0 aromatic carbocycles. The maximum Gasteiger partial charge on any atom is 0.346 e. The fourth-order valence-electron chi connectivity index (χ4n) is 1.70. The summed E-state index contributed by atoms with van der Waals surface area (Å²) in [4.78, 5) is 22.0. The lowest BCUT2D eigenvalue weighted by Gasteiger charge is -2.25. The van der Waals surface area contributed by atoms with Gasteiger partial charge in [0.2, 0.25) is 0 Å². The van der Waals surface area contributed by atoms with Crippen molar-refractivity contribution in [3.63, 3.8) is 0 Å². The summed E-state index contributed by atoms with van der Waals surface area (Å²) in [5.74, 6) is -1.82. The third-order valence-corrected chi connectivity index (χ3v) is 3.84. The molecule has 0 unspecified atom stereocenters. The van der Waals surface area contributed by atoms with Crippen LogP contribution in [0.3, 0.4) is 0 Å². The first-order valence-electron chi connectivity index (χ1n) is 4.70. The fourth-order valence-corrected chi connectivity index (χ4v) is 2.62. The van der Waals surface area contributed by atoms with Crippen LogP contribution >= 0.6 is 11.3 Å². The van der Waals surface area contributed by atoms with Crippen molar-refractivity contribution in [3.8, 4) is 0 Å². The monoisotopic (exact) mass is 226 g/mol. The van der Waals surface area contributed by atoms with Gasteiger partial charge in [0, 0.05) is 0 Å². The molecule has 0 spiro atoms. The van der Waals surface area contributed by atoms with Crippen LogP contribution in [0.5, 0.6) is 0 Å². The van der Waals surface area contributed by atoms with E-state index in [0.29, 0.717) is 5.56 Å². The van der Waals surface area contributed by atoms with Crippen LogP contribution in [0.1, 0.15) is 50.1 Å². The number of carbonyl (C=O) groups is 2. The molecule has 1 fully saturated rings. The van der Waals surface area contributed by atoms with Gasteiger partial charge < -0.3 is 10.2 Å². The Hall–Kier alpha value is -1.36. The van der Waals surface area contributed by atoms with Crippen LogP contribution in [-0.4, -0.2) is 22.2 Å². The number of rotatable bonds is 3. The van der Waals surface area contributed by atoms with Crippen LogP contribution in [0.15, 0.2) is 6.07 Å². The van der Waals surface area contributed by atoms with Gasteiger partial charge in [-0.25, -0.2) is 9.59 Å². The van der Waals surface area contributed by atoms with Crippen molar-refractivity contribution in [3.05, 3.63) is 21.4 Å². The van der Waals surface area contributed by atoms with Gasteiger partial charge in [-0.1, -0.05) is 6.42 Å². The molecule has 1 aromatic rings. The van der Waals surface area contributed by atoms with Gasteiger partial charge in [-0.15, -0.1) is 11.3 Å². The first-order chi connectivity index (χ1) is 7.09. The van der Waals surface area contributed by atoms with Gasteiger partial charge >= 0.3 is 11.9 Å². The maximum atomic E-state index is 10.9. The second-order valence-corrected chi connectivity index (χ2v) is 4.69. The molecule has 80 valence electrons. The minimum Gasteiger partial charge on any atom is -0.477 e. The summed E-state index contributed by atoms with van der Waals surface area (Å²) in [6, 6.07) is 1.51. The van der Waals surface area contributed by atoms with Gasteiger partial charge in [0.05, 0.1) is 0 Å². The average molecular weight is 226 g/mol. The lowest BCUT2D eigenvalue weighted by atomic mass is 9.80. The quantitative estimate of drug-likeness (QED) is 0.829. The Labute approximate surface area is 90.2 Å². The number of hydrogen-bond donors (Lipinski definition) is 2. The van der Waals surface area contributed by atoms with E-state index in [0.717, 1.165) is 30.6 Å². The second kappa shape index (κ2) is 3.66. The van der Waals surface area contributed by atoms with Gasteiger partial charge in [0.25, 0.3) is 0 Å². The number of carboxylic acids is 2. The molecule has 1 aromatic heterocycles. The Kier molecular flexibility index (Phi) is 2.48. The van der Waals surface area contributed by atoms with E-state index >= 15 is 0 Å². The fraction of sp³-hybridized carbons (Fsp3) is 0.400. The Bertz CT molecular complexity index is 417. The Balaban J connectivity index is 2.41. The Morgan fingerprint density at radius 1 is 1.27 bits per heavy atom. The first-order valence-corrected chi connectivity index (χ1v) is 5.51. The normalized spacial score (nSPS) is 16.0. The van der Waals surface area contributed by atoms with E-state index in [4.69, 9.17) is 10.2 Å². The molecule has 0 bridgehead atoms. The first kappa shape index (κ1) is 10.2. The van der Waals surface area contributed by atoms with Crippen molar-refractivity contribution < 1.29 is 19.8 Å². The highest BCUT2D eigenvalue weighted by molar-refractivity contribution is 7.16. The van der Waals surface area contributed by atoms with Crippen molar-refractivity contribution in [2.24, 2.45) is 0 Å². The zero-order valence-corrected chi connectivity index (χ0v) is 8.71. The lowest BCUT2D eigenvalue weighted by Crippen LogP contribution is -2.11. The predicted molar refractivity (Wildman–Crippen MR) is 54.8 cm³/mol. The minimum atomic E-state index is -1.05. The molecule has 0 atom stereocenters. The molecule has 1 heterocycles. The molecule has 0 radical (unpaired) electrons. The van der Waals surface area contributed by atoms with Gasteiger partial charge in [0.15, 0.2) is 0 Å². The molecular weight excluding hydrogens is 216 g/mol. The van der Waals surface area contributed by atoms with Crippen LogP contribution < -0.4 is 0 Å². The van der Waals surface area contributed by atoms with Crippen LogP contribution in [0.2, 0.25) is 0 Å². The average Bonchev–Trinajstić information content (AvgIpc) is 2.45. The van der Waals surface area contributed by atoms with E-state index in [1.807, 2.05) is 0 Å². The number of carboxylic acid groups (broad SMARTS) is 2. The highest BCUT2D eigenvalue weighted by Crippen LogP contribution is 2.41. The van der Waals surface area contributed by atoms with Gasteiger partial charge in [-0.05, 0) is 30.4 Å². The molecule has 1 saturated carbocycles. The van der Waals surface area contributed by atoms with Gasteiger partial charge in [-0.2, -0.15) is 0 Å². The van der Waals surface area contributed by atoms with E-state index in [9.17, 15) is 9.59 Å². The highest BCUT2D eigenvalue weighted by Gasteiger charge is 2.28. The van der Waals surface area contributed by atoms with E-state index in [2.05, 4.69) is 0 Å². The third kappa shape index (κ3) is 1.74. The summed E-state index contributed by atoms with van der Waals surface area (Å²) in [5.41, 5.74) is 0.705. The topological polar surface area (TPSA) is 74.6 Å². The summed E-state index contributed by atoms with van der Waals surface area (Å²) in [5, 5.41) is 17.7. The Morgan fingerprint density at radius 3 is 2.33 bits per heavy atom. The number of hydrogen-bond acceptors (Lipinski definition) is 3. The number of aromatic carboxylic acids is 2. The molecule has 5 heteroatoms. The standard InChI is InChI=1S/C10H10O4S/c11-9(12)7-4-6(5-2-1-3-5)8(15-7)10(13)14/h4-5H,1-3H2,(H,11,12)(H,13,14). The van der Waals surface area contributed by atoms with Crippen LogP contribution in [-0.2, 0) is 0 Å². The zero-order chi connectivity index (χ0) is 11.0. The minimum absolute atomic E-state index is 0.120. The molecule has 0 saturated heterocycles. The smallest absolute Gasteiger partial charge is 0.346 e. The molecule has 1 aliphatic rings. The van der Waals surface area contributed by atoms with E-state index in [1.165, 1.54) is 6.07 Å². The predicted octanol–water partition coefficient (Wildman–Crippen LogP) is 2.41. The summed E-state index contributed by atoms with van der Waals surface area (Å²) >= 11 is 0.854.